The maximum Gasteiger partial charge on any atom is 0.0123 e. The maximum atomic E-state index is 3.77. The van der Waals surface area contributed by atoms with Gasteiger partial charge in [0.2, 0.25) is 0 Å². The lowest BCUT2D eigenvalue weighted by atomic mass is 9.82. The molecule has 1 N–H and O–H groups in total. The van der Waals surface area contributed by atoms with Crippen molar-refractivity contribution < 1.29 is 0 Å². The zero-order valence-corrected chi connectivity index (χ0v) is 10.6. The summed E-state index contributed by atoms with van der Waals surface area (Å²) in [5.41, 5.74) is 0. The Morgan fingerprint density at radius 1 is 1.00 bits per heavy atom. The van der Waals surface area contributed by atoms with Crippen LogP contribution >= 0.6 is 0 Å². The second-order valence-corrected chi connectivity index (χ2v) is 5.65. The van der Waals surface area contributed by atoms with Crippen molar-refractivity contribution in [2.75, 3.05) is 6.54 Å². The summed E-state index contributed by atoms with van der Waals surface area (Å²) >= 11 is 0. The minimum atomic E-state index is 0.817. The molecule has 0 aliphatic heterocycles. The van der Waals surface area contributed by atoms with Crippen LogP contribution < -0.4 is 5.32 Å². The van der Waals surface area contributed by atoms with E-state index in [1.165, 1.54) is 25.7 Å². The number of hydrogen-bond donors (Lipinski definition) is 1. The van der Waals surface area contributed by atoms with Gasteiger partial charge in [0.15, 0.2) is 0 Å². The van der Waals surface area contributed by atoms with Gasteiger partial charge in [0.25, 0.3) is 0 Å². The van der Waals surface area contributed by atoms with E-state index >= 15 is 0 Å². The monoisotopic (exact) mass is 209 g/mol. The van der Waals surface area contributed by atoms with Gasteiger partial charge in [-0.2, -0.15) is 0 Å². The van der Waals surface area contributed by atoms with Crippen LogP contribution in [0.5, 0.6) is 0 Å². The van der Waals surface area contributed by atoms with Crippen molar-refractivity contribution in [3.05, 3.63) is 0 Å². The van der Waals surface area contributed by atoms with Gasteiger partial charge in [-0.15, -0.1) is 0 Å². The summed E-state index contributed by atoms with van der Waals surface area (Å²) in [5, 5.41) is 3.77. The smallest absolute Gasteiger partial charge is 0.0123 e. The first-order valence-electron chi connectivity index (χ1n) is 7.03. The van der Waals surface area contributed by atoms with Crippen LogP contribution in [-0.2, 0) is 0 Å². The molecule has 2 rings (SSSR count). The molecule has 0 spiro atoms. The Hall–Kier alpha value is -0.0400. The molecule has 2 saturated carbocycles. The Kier molecular flexibility index (Phi) is 3.71. The molecule has 15 heavy (non-hydrogen) atoms. The molecule has 2 aliphatic carbocycles. The fourth-order valence-electron chi connectivity index (χ4n) is 3.81. The molecule has 0 radical (unpaired) electrons. The molecule has 0 aromatic rings. The van der Waals surface area contributed by atoms with Gasteiger partial charge in [-0.25, -0.2) is 0 Å². The Labute approximate surface area is 95.0 Å². The highest BCUT2D eigenvalue weighted by Gasteiger charge is 2.48. The van der Waals surface area contributed by atoms with E-state index in [-0.39, 0.29) is 0 Å². The van der Waals surface area contributed by atoms with Crippen molar-refractivity contribution in [1.82, 2.24) is 5.32 Å². The molecule has 0 bridgehead atoms. The molecule has 0 amide bonds. The molecule has 1 nitrogen and oxygen atoms in total. The van der Waals surface area contributed by atoms with E-state index in [1.807, 2.05) is 0 Å². The van der Waals surface area contributed by atoms with Gasteiger partial charge in [-0.05, 0) is 49.5 Å². The first-order chi connectivity index (χ1) is 7.30. The average Bonchev–Trinajstić information content (AvgIpc) is 2.86. The van der Waals surface area contributed by atoms with E-state index in [4.69, 9.17) is 0 Å². The molecule has 0 saturated heterocycles. The second kappa shape index (κ2) is 4.86. The molecule has 3 unspecified atom stereocenters. The van der Waals surface area contributed by atoms with Crippen molar-refractivity contribution in [3.8, 4) is 0 Å². The normalized spacial score (nSPS) is 35.6. The third kappa shape index (κ3) is 2.38. The molecular formula is C14H27N. The zero-order valence-electron chi connectivity index (χ0n) is 10.6. The highest BCUT2D eigenvalue weighted by Crippen LogP contribution is 2.55. The molecule has 2 aliphatic rings. The summed E-state index contributed by atoms with van der Waals surface area (Å²) in [7, 11) is 0. The lowest BCUT2D eigenvalue weighted by Crippen LogP contribution is -2.41. The van der Waals surface area contributed by atoms with Gasteiger partial charge in [-0.1, -0.05) is 33.6 Å². The topological polar surface area (TPSA) is 12.0 Å². The van der Waals surface area contributed by atoms with Crippen molar-refractivity contribution >= 4 is 0 Å². The molecule has 2 fully saturated rings. The Bertz CT molecular complexity index is 188. The summed E-state index contributed by atoms with van der Waals surface area (Å²) in [6, 6.07) is 0.817. The van der Waals surface area contributed by atoms with Crippen LogP contribution in [0.1, 0.15) is 52.9 Å². The van der Waals surface area contributed by atoms with Crippen LogP contribution in [0.3, 0.4) is 0 Å². The Morgan fingerprint density at radius 3 is 2.07 bits per heavy atom. The van der Waals surface area contributed by atoms with E-state index in [2.05, 4.69) is 26.1 Å². The van der Waals surface area contributed by atoms with Crippen LogP contribution in [-0.4, -0.2) is 12.6 Å². The SMILES string of the molecule is CCNC(C(CC)CC)C1CC2CC2C1. The first kappa shape index (κ1) is 11.4. The van der Waals surface area contributed by atoms with Crippen LogP contribution in [0.25, 0.3) is 0 Å². The van der Waals surface area contributed by atoms with Crippen molar-refractivity contribution in [3.63, 3.8) is 0 Å². The van der Waals surface area contributed by atoms with Crippen LogP contribution in [0.4, 0.5) is 0 Å². The predicted octanol–water partition coefficient (Wildman–Crippen LogP) is 3.45. The van der Waals surface area contributed by atoms with Crippen molar-refractivity contribution in [1.29, 1.82) is 0 Å². The molecule has 0 aromatic heterocycles. The summed E-state index contributed by atoms with van der Waals surface area (Å²) in [6.07, 6.45) is 7.30. The van der Waals surface area contributed by atoms with Gasteiger partial charge in [0.1, 0.15) is 0 Å². The summed E-state index contributed by atoms with van der Waals surface area (Å²) < 4.78 is 0. The van der Waals surface area contributed by atoms with Gasteiger partial charge < -0.3 is 5.32 Å². The molecule has 1 heteroatoms. The third-order valence-electron chi connectivity index (χ3n) is 4.78. The maximum absolute atomic E-state index is 3.77. The largest absolute Gasteiger partial charge is 0.314 e. The highest BCUT2D eigenvalue weighted by atomic mass is 14.9. The molecule has 88 valence electrons. The number of hydrogen-bond acceptors (Lipinski definition) is 1. The fraction of sp³-hybridized carbons (Fsp3) is 1.00. The van der Waals surface area contributed by atoms with Gasteiger partial charge in [-0.3, -0.25) is 0 Å². The van der Waals surface area contributed by atoms with Gasteiger partial charge in [0, 0.05) is 6.04 Å². The summed E-state index contributed by atoms with van der Waals surface area (Å²) in [5.74, 6) is 4.17. The van der Waals surface area contributed by atoms with Gasteiger partial charge >= 0.3 is 0 Å². The minimum Gasteiger partial charge on any atom is -0.314 e. The highest BCUT2D eigenvalue weighted by molar-refractivity contribution is 5.00. The minimum absolute atomic E-state index is 0.817. The number of nitrogens with one attached hydrogen (secondary N) is 1. The quantitative estimate of drug-likeness (QED) is 0.706. The van der Waals surface area contributed by atoms with Crippen molar-refractivity contribution in [2.24, 2.45) is 23.7 Å². The van der Waals surface area contributed by atoms with Crippen LogP contribution in [0, 0.1) is 23.7 Å². The first-order valence-corrected chi connectivity index (χ1v) is 7.03. The predicted molar refractivity (Wildman–Crippen MR) is 65.9 cm³/mol. The average molecular weight is 209 g/mol. The summed E-state index contributed by atoms with van der Waals surface area (Å²) in [4.78, 5) is 0. The van der Waals surface area contributed by atoms with Gasteiger partial charge in [0.05, 0.1) is 0 Å². The van der Waals surface area contributed by atoms with Crippen LogP contribution in [0.2, 0.25) is 0 Å². The molecule has 3 atom stereocenters. The number of fused-ring (bicyclic) bond motifs is 1. The molecule has 0 aromatic carbocycles. The molecular weight excluding hydrogens is 182 g/mol. The molecule has 0 heterocycles. The second-order valence-electron chi connectivity index (χ2n) is 5.65. The standard InChI is InChI=1S/C14H27N/c1-4-10(5-2)14(15-6-3)13-8-11-7-12(11)9-13/h10-15H,4-9H2,1-3H3. The lowest BCUT2D eigenvalue weighted by Gasteiger charge is -2.32. The van der Waals surface area contributed by atoms with Crippen molar-refractivity contribution in [2.45, 2.75) is 58.9 Å². The van der Waals surface area contributed by atoms with E-state index in [0.29, 0.717) is 0 Å². The zero-order chi connectivity index (χ0) is 10.8. The van der Waals surface area contributed by atoms with E-state index in [0.717, 1.165) is 36.3 Å². The third-order valence-corrected chi connectivity index (χ3v) is 4.78. The van der Waals surface area contributed by atoms with E-state index in [1.54, 1.807) is 6.42 Å². The lowest BCUT2D eigenvalue weighted by molar-refractivity contribution is 0.237. The number of rotatable bonds is 6. The Morgan fingerprint density at radius 2 is 1.60 bits per heavy atom. The van der Waals surface area contributed by atoms with E-state index < -0.39 is 0 Å². The summed E-state index contributed by atoms with van der Waals surface area (Å²) in [6.45, 7) is 8.11. The van der Waals surface area contributed by atoms with E-state index in [9.17, 15) is 0 Å². The van der Waals surface area contributed by atoms with Crippen LogP contribution in [0.15, 0.2) is 0 Å². The Balaban J connectivity index is 1.92. The fourth-order valence-corrected chi connectivity index (χ4v) is 3.81.